The van der Waals surface area contributed by atoms with Crippen molar-refractivity contribution in [2.45, 2.75) is 40.2 Å². The number of hydrogen-bond donors (Lipinski definition) is 0. The number of nitrogens with zero attached hydrogens (tertiary/aromatic N) is 3. The predicted molar refractivity (Wildman–Crippen MR) is 84.9 cm³/mol. The number of ether oxygens (including phenoxy) is 1. The molecule has 7 heteroatoms. The molecule has 0 fully saturated rings. The quantitative estimate of drug-likeness (QED) is 0.624. The van der Waals surface area contributed by atoms with Crippen LogP contribution in [0.5, 0.6) is 5.75 Å². The van der Waals surface area contributed by atoms with Crippen molar-refractivity contribution in [2.75, 3.05) is 0 Å². The Hall–Kier alpha value is -2.70. The van der Waals surface area contributed by atoms with Crippen molar-refractivity contribution in [1.29, 1.82) is 0 Å². The fourth-order valence-electron chi connectivity index (χ4n) is 2.37. The average Bonchev–Trinajstić information content (AvgIpc) is 2.82. The highest BCUT2D eigenvalue weighted by Gasteiger charge is 2.23. The van der Waals surface area contributed by atoms with Gasteiger partial charge in [0.25, 0.3) is 11.6 Å². The Morgan fingerprint density at radius 3 is 2.52 bits per heavy atom. The van der Waals surface area contributed by atoms with Crippen molar-refractivity contribution in [3.63, 3.8) is 0 Å². The SMILES string of the molecule is CC[C@@H](Oc1ccc([N+](=O)[O-])c(C)c1)C(=O)n1nc(C)cc1C. The molecule has 0 spiro atoms. The van der Waals surface area contributed by atoms with Crippen LogP contribution in [0.15, 0.2) is 24.3 Å². The van der Waals surface area contributed by atoms with Gasteiger partial charge in [-0.2, -0.15) is 5.10 Å². The summed E-state index contributed by atoms with van der Waals surface area (Å²) in [6.07, 6.45) is -0.235. The maximum Gasteiger partial charge on any atom is 0.288 e. The second-order valence-corrected chi connectivity index (χ2v) is 5.40. The predicted octanol–water partition coefficient (Wildman–Crippen LogP) is 3.21. The van der Waals surface area contributed by atoms with Gasteiger partial charge in [0.05, 0.1) is 10.6 Å². The normalized spacial score (nSPS) is 12.0. The molecule has 0 aliphatic heterocycles. The van der Waals surface area contributed by atoms with Crippen LogP contribution in [0.3, 0.4) is 0 Å². The third-order valence-electron chi connectivity index (χ3n) is 3.51. The first-order valence-corrected chi connectivity index (χ1v) is 7.32. The minimum absolute atomic E-state index is 0.0234. The van der Waals surface area contributed by atoms with Gasteiger partial charge >= 0.3 is 0 Å². The molecule has 23 heavy (non-hydrogen) atoms. The fraction of sp³-hybridized carbons (Fsp3) is 0.375. The Labute approximate surface area is 134 Å². The van der Waals surface area contributed by atoms with Crippen LogP contribution in [0.1, 0.15) is 35.1 Å². The molecular formula is C16H19N3O4. The Morgan fingerprint density at radius 1 is 1.35 bits per heavy atom. The molecule has 1 heterocycles. The molecule has 0 unspecified atom stereocenters. The van der Waals surface area contributed by atoms with Gasteiger partial charge in [0.2, 0.25) is 0 Å². The Morgan fingerprint density at radius 2 is 2.04 bits per heavy atom. The summed E-state index contributed by atoms with van der Waals surface area (Å²) < 4.78 is 7.06. The van der Waals surface area contributed by atoms with Crippen LogP contribution in [0.25, 0.3) is 0 Å². The van der Waals surface area contributed by atoms with Gasteiger partial charge in [-0.05, 0) is 45.4 Å². The minimum Gasteiger partial charge on any atom is -0.481 e. The molecular weight excluding hydrogens is 298 g/mol. The lowest BCUT2D eigenvalue weighted by Gasteiger charge is -2.17. The summed E-state index contributed by atoms with van der Waals surface area (Å²) in [5.74, 6) is 0.170. The van der Waals surface area contributed by atoms with Gasteiger partial charge in [-0.3, -0.25) is 14.9 Å². The average molecular weight is 317 g/mol. The topological polar surface area (TPSA) is 87.3 Å². The second-order valence-electron chi connectivity index (χ2n) is 5.40. The van der Waals surface area contributed by atoms with Gasteiger partial charge < -0.3 is 4.74 Å². The third-order valence-corrected chi connectivity index (χ3v) is 3.51. The molecule has 2 rings (SSSR count). The molecule has 1 aromatic heterocycles. The Kier molecular flexibility index (Phi) is 4.78. The lowest BCUT2D eigenvalue weighted by Crippen LogP contribution is -2.33. The van der Waals surface area contributed by atoms with E-state index in [1.165, 1.54) is 16.8 Å². The summed E-state index contributed by atoms with van der Waals surface area (Å²) >= 11 is 0. The van der Waals surface area contributed by atoms with Crippen molar-refractivity contribution in [3.05, 3.63) is 51.3 Å². The number of aromatic nitrogens is 2. The molecule has 0 aliphatic carbocycles. The van der Waals surface area contributed by atoms with Crippen molar-refractivity contribution in [1.82, 2.24) is 9.78 Å². The van der Waals surface area contributed by atoms with Gasteiger partial charge in [-0.1, -0.05) is 6.92 Å². The summed E-state index contributed by atoms with van der Waals surface area (Å²) in [5.41, 5.74) is 2.02. The van der Waals surface area contributed by atoms with Crippen molar-refractivity contribution in [2.24, 2.45) is 0 Å². The minimum atomic E-state index is -0.700. The van der Waals surface area contributed by atoms with Crippen molar-refractivity contribution in [3.8, 4) is 5.75 Å². The van der Waals surface area contributed by atoms with E-state index < -0.39 is 11.0 Å². The van der Waals surface area contributed by atoms with Gasteiger partial charge in [-0.25, -0.2) is 4.68 Å². The van der Waals surface area contributed by atoms with Gasteiger partial charge in [0.1, 0.15) is 5.75 Å². The number of benzene rings is 1. The van der Waals surface area contributed by atoms with Crippen molar-refractivity contribution >= 4 is 11.6 Å². The van der Waals surface area contributed by atoms with E-state index in [1.54, 1.807) is 19.9 Å². The Bertz CT molecular complexity index is 752. The molecule has 2 aromatic rings. The van der Waals surface area contributed by atoms with E-state index >= 15 is 0 Å². The van der Waals surface area contributed by atoms with Crippen molar-refractivity contribution < 1.29 is 14.5 Å². The maximum absolute atomic E-state index is 12.5. The highest BCUT2D eigenvalue weighted by molar-refractivity contribution is 5.83. The highest BCUT2D eigenvalue weighted by atomic mass is 16.6. The molecule has 1 aromatic carbocycles. The number of aryl methyl sites for hydroxylation is 3. The molecule has 0 amide bonds. The van der Waals surface area contributed by atoms with Crippen LogP contribution in [0.4, 0.5) is 5.69 Å². The maximum atomic E-state index is 12.5. The second kappa shape index (κ2) is 6.60. The largest absolute Gasteiger partial charge is 0.481 e. The van der Waals surface area contributed by atoms with Crippen LogP contribution in [-0.2, 0) is 0 Å². The molecule has 122 valence electrons. The lowest BCUT2D eigenvalue weighted by molar-refractivity contribution is -0.385. The molecule has 0 saturated heterocycles. The molecule has 0 aliphatic rings. The summed E-state index contributed by atoms with van der Waals surface area (Å²) in [4.78, 5) is 22.9. The number of carbonyl (C=O) groups excluding carboxylic acids is 1. The third kappa shape index (κ3) is 3.56. The van der Waals surface area contributed by atoms with Crippen LogP contribution in [-0.4, -0.2) is 26.7 Å². The van der Waals surface area contributed by atoms with Crippen LogP contribution in [0.2, 0.25) is 0 Å². The number of nitro groups is 1. The van der Waals surface area contributed by atoms with E-state index in [1.807, 2.05) is 19.9 Å². The molecule has 0 radical (unpaired) electrons. The molecule has 0 saturated carbocycles. The summed E-state index contributed by atoms with van der Waals surface area (Å²) in [7, 11) is 0. The first-order valence-electron chi connectivity index (χ1n) is 7.32. The summed E-state index contributed by atoms with van der Waals surface area (Å²) in [5, 5.41) is 15.0. The zero-order valence-corrected chi connectivity index (χ0v) is 13.6. The van der Waals surface area contributed by atoms with Crippen LogP contribution in [0, 0.1) is 30.9 Å². The van der Waals surface area contributed by atoms with E-state index in [-0.39, 0.29) is 11.6 Å². The van der Waals surface area contributed by atoms with E-state index in [9.17, 15) is 14.9 Å². The van der Waals surface area contributed by atoms with E-state index in [2.05, 4.69) is 5.10 Å². The smallest absolute Gasteiger partial charge is 0.288 e. The molecule has 0 bridgehead atoms. The van der Waals surface area contributed by atoms with E-state index in [4.69, 9.17) is 4.74 Å². The zero-order valence-electron chi connectivity index (χ0n) is 13.6. The van der Waals surface area contributed by atoms with Gasteiger partial charge in [0, 0.05) is 17.3 Å². The van der Waals surface area contributed by atoms with E-state index in [0.29, 0.717) is 17.7 Å². The Balaban J connectivity index is 2.22. The highest BCUT2D eigenvalue weighted by Crippen LogP contribution is 2.24. The van der Waals surface area contributed by atoms with Gasteiger partial charge in [-0.15, -0.1) is 0 Å². The summed E-state index contributed by atoms with van der Waals surface area (Å²) in [6.45, 7) is 7.10. The molecule has 7 nitrogen and oxygen atoms in total. The number of rotatable bonds is 5. The molecule has 1 atom stereocenters. The first kappa shape index (κ1) is 16.7. The standard InChI is InChI=1S/C16H19N3O4/c1-5-15(16(20)18-12(4)9-11(3)17-18)23-13-6-7-14(19(21)22)10(2)8-13/h6-9,15H,5H2,1-4H3/t15-/m1/s1. The van der Waals surface area contributed by atoms with Crippen LogP contribution < -0.4 is 4.74 Å². The molecule has 0 N–H and O–H groups in total. The number of hydrogen-bond acceptors (Lipinski definition) is 5. The number of nitro benzene ring substituents is 1. The van der Waals surface area contributed by atoms with Crippen LogP contribution >= 0.6 is 0 Å². The lowest BCUT2D eigenvalue weighted by atomic mass is 10.2. The summed E-state index contributed by atoms with van der Waals surface area (Å²) in [6, 6.07) is 6.27. The number of carbonyl (C=O) groups is 1. The fourth-order valence-corrected chi connectivity index (χ4v) is 2.37. The zero-order chi connectivity index (χ0) is 17.1. The first-order chi connectivity index (χ1) is 10.8. The van der Waals surface area contributed by atoms with Gasteiger partial charge in [0.15, 0.2) is 6.10 Å². The van der Waals surface area contributed by atoms with E-state index in [0.717, 1.165) is 11.4 Å². The monoisotopic (exact) mass is 317 g/mol.